The van der Waals surface area contributed by atoms with E-state index in [1.54, 1.807) is 0 Å². The number of benzene rings is 1. The minimum Gasteiger partial charge on any atom is -0.337 e. The lowest BCUT2D eigenvalue weighted by molar-refractivity contribution is 0.345. The maximum absolute atomic E-state index is 5.96. The SMILES string of the molecule is Clc1ccc(-c2noc([C@H]3CCCN3)n2)cc1Br. The Morgan fingerprint density at radius 3 is 3.06 bits per heavy atom. The Labute approximate surface area is 118 Å². The molecule has 0 unspecified atom stereocenters. The van der Waals surface area contributed by atoms with Crippen LogP contribution < -0.4 is 5.32 Å². The molecule has 2 heterocycles. The molecule has 1 fully saturated rings. The number of nitrogens with zero attached hydrogens (tertiary/aromatic N) is 2. The first-order valence-corrected chi connectivity index (χ1v) is 6.93. The Morgan fingerprint density at radius 1 is 1.44 bits per heavy atom. The fourth-order valence-corrected chi connectivity index (χ4v) is 2.52. The van der Waals surface area contributed by atoms with E-state index in [0.29, 0.717) is 16.7 Å². The Bertz CT molecular complexity index is 566. The molecule has 1 saturated heterocycles. The fraction of sp³-hybridized carbons (Fsp3) is 0.333. The summed E-state index contributed by atoms with van der Waals surface area (Å²) in [7, 11) is 0. The van der Waals surface area contributed by atoms with E-state index in [0.717, 1.165) is 29.4 Å². The van der Waals surface area contributed by atoms with Gasteiger partial charge in [0.15, 0.2) is 0 Å². The third-order valence-electron chi connectivity index (χ3n) is 2.98. The lowest BCUT2D eigenvalue weighted by Gasteiger charge is -2.01. The van der Waals surface area contributed by atoms with Gasteiger partial charge in [-0.25, -0.2) is 0 Å². The topological polar surface area (TPSA) is 51.0 Å². The smallest absolute Gasteiger partial charge is 0.244 e. The molecular formula is C12H11BrClN3O. The third-order valence-corrected chi connectivity index (χ3v) is 4.19. The van der Waals surface area contributed by atoms with Gasteiger partial charge >= 0.3 is 0 Å². The molecule has 0 aliphatic carbocycles. The molecule has 1 N–H and O–H groups in total. The van der Waals surface area contributed by atoms with Crippen molar-refractivity contribution in [2.75, 3.05) is 6.54 Å². The summed E-state index contributed by atoms with van der Waals surface area (Å²) in [5, 5.41) is 8.01. The average molecular weight is 329 g/mol. The molecule has 0 bridgehead atoms. The largest absolute Gasteiger partial charge is 0.337 e. The van der Waals surface area contributed by atoms with E-state index in [-0.39, 0.29) is 6.04 Å². The van der Waals surface area contributed by atoms with Crippen LogP contribution in [0.25, 0.3) is 11.4 Å². The molecule has 0 spiro atoms. The number of hydrogen-bond donors (Lipinski definition) is 1. The van der Waals surface area contributed by atoms with Crippen LogP contribution in [0, 0.1) is 0 Å². The quantitative estimate of drug-likeness (QED) is 0.915. The van der Waals surface area contributed by atoms with E-state index in [2.05, 4.69) is 31.4 Å². The maximum Gasteiger partial charge on any atom is 0.244 e. The van der Waals surface area contributed by atoms with Gasteiger partial charge in [-0.3, -0.25) is 0 Å². The van der Waals surface area contributed by atoms with Gasteiger partial charge in [0, 0.05) is 10.0 Å². The molecule has 6 heteroatoms. The third kappa shape index (κ3) is 2.30. The van der Waals surface area contributed by atoms with E-state index in [4.69, 9.17) is 16.1 Å². The average Bonchev–Trinajstić information content (AvgIpc) is 3.01. The van der Waals surface area contributed by atoms with Crippen molar-refractivity contribution in [2.24, 2.45) is 0 Å². The van der Waals surface area contributed by atoms with Crippen LogP contribution in [0.3, 0.4) is 0 Å². The Hall–Kier alpha value is -0.910. The van der Waals surface area contributed by atoms with E-state index in [1.807, 2.05) is 18.2 Å². The summed E-state index contributed by atoms with van der Waals surface area (Å²) in [6.45, 7) is 1.01. The van der Waals surface area contributed by atoms with Gasteiger partial charge < -0.3 is 9.84 Å². The lowest BCUT2D eigenvalue weighted by atomic mass is 10.2. The highest BCUT2D eigenvalue weighted by atomic mass is 79.9. The molecular weight excluding hydrogens is 318 g/mol. The van der Waals surface area contributed by atoms with Gasteiger partial charge in [0.05, 0.1) is 11.1 Å². The van der Waals surface area contributed by atoms with Crippen molar-refractivity contribution >= 4 is 27.5 Å². The second-order valence-electron chi connectivity index (χ2n) is 4.23. The van der Waals surface area contributed by atoms with Crippen LogP contribution in [0.15, 0.2) is 27.2 Å². The zero-order chi connectivity index (χ0) is 12.5. The minimum atomic E-state index is 0.196. The first-order chi connectivity index (χ1) is 8.74. The summed E-state index contributed by atoms with van der Waals surface area (Å²) in [6, 6.07) is 5.77. The van der Waals surface area contributed by atoms with Crippen molar-refractivity contribution < 1.29 is 4.52 Å². The molecule has 94 valence electrons. The molecule has 4 nitrogen and oxygen atoms in total. The first-order valence-electron chi connectivity index (χ1n) is 5.76. The molecule has 18 heavy (non-hydrogen) atoms. The Balaban J connectivity index is 1.89. The molecule has 2 aromatic rings. The second-order valence-corrected chi connectivity index (χ2v) is 5.50. The number of rotatable bonds is 2. The number of halogens is 2. The van der Waals surface area contributed by atoms with E-state index >= 15 is 0 Å². The first kappa shape index (κ1) is 12.1. The molecule has 1 atom stereocenters. The molecule has 1 aliphatic heterocycles. The summed E-state index contributed by atoms with van der Waals surface area (Å²) >= 11 is 9.34. The van der Waals surface area contributed by atoms with Gasteiger partial charge in [0.1, 0.15) is 0 Å². The fourth-order valence-electron chi connectivity index (χ4n) is 2.02. The van der Waals surface area contributed by atoms with Gasteiger partial charge in [0.2, 0.25) is 11.7 Å². The monoisotopic (exact) mass is 327 g/mol. The highest BCUT2D eigenvalue weighted by molar-refractivity contribution is 9.10. The van der Waals surface area contributed by atoms with Gasteiger partial charge in [-0.15, -0.1) is 0 Å². The standard InChI is InChI=1S/C12H11BrClN3O/c13-8-6-7(3-4-9(8)14)11-16-12(18-17-11)10-2-1-5-15-10/h3-4,6,10,15H,1-2,5H2/t10-/m1/s1. The van der Waals surface area contributed by atoms with Crippen LogP contribution in [0.5, 0.6) is 0 Å². The minimum absolute atomic E-state index is 0.196. The summed E-state index contributed by atoms with van der Waals surface area (Å²) in [4.78, 5) is 4.43. The molecule has 0 radical (unpaired) electrons. The van der Waals surface area contributed by atoms with Crippen molar-refractivity contribution in [1.82, 2.24) is 15.5 Å². The zero-order valence-electron chi connectivity index (χ0n) is 9.49. The summed E-state index contributed by atoms with van der Waals surface area (Å²) in [6.07, 6.45) is 2.20. The normalized spacial score (nSPS) is 19.3. The summed E-state index contributed by atoms with van der Waals surface area (Å²) in [5.41, 5.74) is 0.888. The number of hydrogen-bond acceptors (Lipinski definition) is 4. The summed E-state index contributed by atoms with van der Waals surface area (Å²) < 4.78 is 6.13. The molecule has 1 aliphatic rings. The highest BCUT2D eigenvalue weighted by Crippen LogP contribution is 2.29. The molecule has 0 saturated carbocycles. The van der Waals surface area contributed by atoms with Gasteiger partial charge in [-0.05, 0) is 53.5 Å². The lowest BCUT2D eigenvalue weighted by Crippen LogP contribution is -2.12. The number of nitrogens with one attached hydrogen (secondary N) is 1. The van der Waals surface area contributed by atoms with Crippen molar-refractivity contribution in [3.05, 3.63) is 33.6 Å². The van der Waals surface area contributed by atoms with Crippen molar-refractivity contribution in [1.29, 1.82) is 0 Å². The maximum atomic E-state index is 5.96. The van der Waals surface area contributed by atoms with Crippen LogP contribution in [-0.2, 0) is 0 Å². The van der Waals surface area contributed by atoms with Gasteiger partial charge in [-0.1, -0.05) is 16.8 Å². The van der Waals surface area contributed by atoms with Gasteiger partial charge in [-0.2, -0.15) is 4.98 Å². The second kappa shape index (κ2) is 4.99. The Kier molecular flexibility index (Phi) is 3.37. The summed E-state index contributed by atoms with van der Waals surface area (Å²) in [5.74, 6) is 1.25. The van der Waals surface area contributed by atoms with E-state index in [1.165, 1.54) is 0 Å². The molecule has 3 rings (SSSR count). The van der Waals surface area contributed by atoms with Crippen molar-refractivity contribution in [2.45, 2.75) is 18.9 Å². The van der Waals surface area contributed by atoms with Crippen molar-refractivity contribution in [3.8, 4) is 11.4 Å². The van der Waals surface area contributed by atoms with E-state index in [9.17, 15) is 0 Å². The van der Waals surface area contributed by atoms with Crippen molar-refractivity contribution in [3.63, 3.8) is 0 Å². The zero-order valence-corrected chi connectivity index (χ0v) is 11.8. The Morgan fingerprint density at radius 2 is 2.33 bits per heavy atom. The molecule has 1 aromatic carbocycles. The van der Waals surface area contributed by atoms with Crippen LogP contribution in [0.4, 0.5) is 0 Å². The highest BCUT2D eigenvalue weighted by Gasteiger charge is 2.22. The van der Waals surface area contributed by atoms with Crippen LogP contribution in [-0.4, -0.2) is 16.7 Å². The van der Waals surface area contributed by atoms with E-state index < -0.39 is 0 Å². The van der Waals surface area contributed by atoms with Crippen LogP contribution >= 0.6 is 27.5 Å². The molecule has 1 aromatic heterocycles. The number of aromatic nitrogens is 2. The van der Waals surface area contributed by atoms with Crippen LogP contribution in [0.2, 0.25) is 5.02 Å². The predicted molar refractivity (Wildman–Crippen MR) is 72.4 cm³/mol. The molecule has 0 amide bonds. The van der Waals surface area contributed by atoms with Crippen LogP contribution in [0.1, 0.15) is 24.8 Å². The predicted octanol–water partition coefficient (Wildman–Crippen LogP) is 3.58. The van der Waals surface area contributed by atoms with Gasteiger partial charge in [0.25, 0.3) is 0 Å².